The minimum absolute atomic E-state index is 0.498. The SMILES string of the molecule is CC(C)CCCOc1ccc([C@@H](C)O)cc1Cl. The van der Waals surface area contributed by atoms with Gasteiger partial charge in [-0.25, -0.2) is 0 Å². The van der Waals surface area contributed by atoms with Crippen molar-refractivity contribution in [1.82, 2.24) is 0 Å². The fraction of sp³-hybridized carbons (Fsp3) is 0.571. The smallest absolute Gasteiger partial charge is 0.137 e. The van der Waals surface area contributed by atoms with Crippen LogP contribution in [0.5, 0.6) is 5.75 Å². The topological polar surface area (TPSA) is 29.5 Å². The Morgan fingerprint density at radius 3 is 2.53 bits per heavy atom. The summed E-state index contributed by atoms with van der Waals surface area (Å²) in [7, 11) is 0. The Bertz CT molecular complexity index is 348. The highest BCUT2D eigenvalue weighted by Crippen LogP contribution is 2.28. The van der Waals surface area contributed by atoms with Crippen LogP contribution in [0, 0.1) is 5.92 Å². The van der Waals surface area contributed by atoms with E-state index in [1.165, 1.54) is 0 Å². The summed E-state index contributed by atoms with van der Waals surface area (Å²) >= 11 is 6.08. The first kappa shape index (κ1) is 14.3. The molecule has 0 aliphatic heterocycles. The van der Waals surface area contributed by atoms with Gasteiger partial charge in [-0.05, 0) is 43.4 Å². The molecule has 0 saturated heterocycles. The van der Waals surface area contributed by atoms with E-state index in [1.807, 2.05) is 12.1 Å². The van der Waals surface area contributed by atoms with Gasteiger partial charge >= 0.3 is 0 Å². The lowest BCUT2D eigenvalue weighted by molar-refractivity contribution is 0.199. The molecule has 1 rings (SSSR count). The van der Waals surface area contributed by atoms with Gasteiger partial charge in [0.1, 0.15) is 5.75 Å². The number of hydrogen-bond acceptors (Lipinski definition) is 2. The summed E-state index contributed by atoms with van der Waals surface area (Å²) in [6.07, 6.45) is 1.69. The van der Waals surface area contributed by atoms with E-state index in [1.54, 1.807) is 13.0 Å². The second kappa shape index (κ2) is 6.87. The third-order valence-corrected chi connectivity index (χ3v) is 2.92. The standard InChI is InChI=1S/C14H21ClO2/c1-10(2)5-4-8-17-14-7-6-12(11(3)16)9-13(14)15/h6-7,9-11,16H,4-5,8H2,1-3H3/t11-/m1/s1. The summed E-state index contributed by atoms with van der Waals surface area (Å²) in [5.41, 5.74) is 0.810. The lowest BCUT2D eigenvalue weighted by Gasteiger charge is -2.11. The molecule has 0 fully saturated rings. The largest absolute Gasteiger partial charge is 0.492 e. The van der Waals surface area contributed by atoms with Crippen LogP contribution >= 0.6 is 11.6 Å². The first-order valence-electron chi connectivity index (χ1n) is 6.11. The van der Waals surface area contributed by atoms with Crippen LogP contribution in [0.15, 0.2) is 18.2 Å². The molecule has 1 aromatic carbocycles. The van der Waals surface area contributed by atoms with Gasteiger partial charge in [-0.15, -0.1) is 0 Å². The monoisotopic (exact) mass is 256 g/mol. The van der Waals surface area contributed by atoms with Crippen LogP contribution in [0.2, 0.25) is 5.02 Å². The molecule has 0 heterocycles. The maximum atomic E-state index is 9.41. The molecular weight excluding hydrogens is 236 g/mol. The highest BCUT2D eigenvalue weighted by molar-refractivity contribution is 6.32. The summed E-state index contributed by atoms with van der Waals surface area (Å²) in [5, 5.41) is 9.98. The van der Waals surface area contributed by atoms with Crippen LogP contribution < -0.4 is 4.74 Å². The molecule has 0 unspecified atom stereocenters. The Labute approximate surface area is 109 Å². The van der Waals surface area contributed by atoms with Gasteiger partial charge in [0, 0.05) is 0 Å². The van der Waals surface area contributed by atoms with Crippen molar-refractivity contribution in [2.24, 2.45) is 5.92 Å². The average Bonchev–Trinajstić information content (AvgIpc) is 2.25. The van der Waals surface area contributed by atoms with E-state index in [9.17, 15) is 5.11 Å². The Morgan fingerprint density at radius 1 is 1.29 bits per heavy atom. The fourth-order valence-electron chi connectivity index (χ4n) is 1.57. The maximum Gasteiger partial charge on any atom is 0.137 e. The van der Waals surface area contributed by atoms with E-state index in [0.29, 0.717) is 23.3 Å². The van der Waals surface area contributed by atoms with E-state index < -0.39 is 6.10 Å². The van der Waals surface area contributed by atoms with Crippen molar-refractivity contribution in [3.8, 4) is 5.75 Å². The molecule has 2 nitrogen and oxygen atoms in total. The quantitative estimate of drug-likeness (QED) is 0.773. The number of ether oxygens (including phenoxy) is 1. The van der Waals surface area contributed by atoms with Crippen molar-refractivity contribution < 1.29 is 9.84 Å². The second-order valence-electron chi connectivity index (χ2n) is 4.75. The van der Waals surface area contributed by atoms with E-state index >= 15 is 0 Å². The molecule has 0 amide bonds. The zero-order valence-electron chi connectivity index (χ0n) is 10.7. The van der Waals surface area contributed by atoms with Gasteiger partial charge in [0.05, 0.1) is 17.7 Å². The Balaban J connectivity index is 2.49. The first-order chi connectivity index (χ1) is 8.00. The third-order valence-electron chi connectivity index (χ3n) is 2.62. The van der Waals surface area contributed by atoms with Crippen molar-refractivity contribution in [3.63, 3.8) is 0 Å². The van der Waals surface area contributed by atoms with Crippen LogP contribution in [0.4, 0.5) is 0 Å². The Kier molecular flexibility index (Phi) is 5.79. The van der Waals surface area contributed by atoms with Gasteiger partial charge in [-0.2, -0.15) is 0 Å². The first-order valence-corrected chi connectivity index (χ1v) is 6.48. The van der Waals surface area contributed by atoms with Gasteiger partial charge in [0.2, 0.25) is 0 Å². The number of hydrogen-bond donors (Lipinski definition) is 1. The van der Waals surface area contributed by atoms with Gasteiger partial charge in [0.15, 0.2) is 0 Å². The predicted octanol–water partition coefficient (Wildman–Crippen LogP) is 4.21. The number of benzene rings is 1. The molecule has 96 valence electrons. The normalized spacial score (nSPS) is 12.8. The van der Waals surface area contributed by atoms with Crippen molar-refractivity contribution in [2.75, 3.05) is 6.61 Å². The molecule has 0 bridgehead atoms. The molecule has 0 radical (unpaired) electrons. The van der Waals surface area contributed by atoms with Gasteiger partial charge < -0.3 is 9.84 Å². The molecule has 17 heavy (non-hydrogen) atoms. The summed E-state index contributed by atoms with van der Waals surface area (Å²) in [6, 6.07) is 5.41. The molecule has 1 aromatic rings. The van der Waals surface area contributed by atoms with Gasteiger partial charge in [0.25, 0.3) is 0 Å². The number of aliphatic hydroxyl groups excluding tert-OH is 1. The number of halogens is 1. The van der Waals surface area contributed by atoms with Crippen LogP contribution in [0.3, 0.4) is 0 Å². The average molecular weight is 257 g/mol. The minimum atomic E-state index is -0.498. The van der Waals surface area contributed by atoms with Crippen molar-refractivity contribution in [1.29, 1.82) is 0 Å². The third kappa shape index (κ3) is 4.97. The van der Waals surface area contributed by atoms with Crippen molar-refractivity contribution in [2.45, 2.75) is 39.7 Å². The summed E-state index contributed by atoms with van der Waals surface area (Å²) < 4.78 is 5.61. The Hall–Kier alpha value is -0.730. The molecule has 0 saturated carbocycles. The summed E-state index contributed by atoms with van der Waals surface area (Å²) in [4.78, 5) is 0. The van der Waals surface area contributed by atoms with E-state index in [2.05, 4.69) is 13.8 Å². The van der Waals surface area contributed by atoms with Crippen LogP contribution in [-0.2, 0) is 0 Å². The molecule has 3 heteroatoms. The van der Waals surface area contributed by atoms with Crippen molar-refractivity contribution >= 4 is 11.6 Å². The zero-order valence-corrected chi connectivity index (χ0v) is 11.5. The highest BCUT2D eigenvalue weighted by Gasteiger charge is 2.06. The summed E-state index contributed by atoms with van der Waals surface area (Å²) in [5.74, 6) is 1.39. The predicted molar refractivity (Wildman–Crippen MR) is 71.7 cm³/mol. The second-order valence-corrected chi connectivity index (χ2v) is 5.16. The van der Waals surface area contributed by atoms with Crippen LogP contribution in [0.25, 0.3) is 0 Å². The number of aliphatic hydroxyl groups is 1. The van der Waals surface area contributed by atoms with Crippen LogP contribution in [0.1, 0.15) is 45.3 Å². The molecule has 0 aliphatic rings. The lowest BCUT2D eigenvalue weighted by Crippen LogP contribution is -2.00. The fourth-order valence-corrected chi connectivity index (χ4v) is 1.81. The highest BCUT2D eigenvalue weighted by atomic mass is 35.5. The number of rotatable bonds is 6. The lowest BCUT2D eigenvalue weighted by atomic mass is 10.1. The van der Waals surface area contributed by atoms with Gasteiger partial charge in [-0.3, -0.25) is 0 Å². The van der Waals surface area contributed by atoms with E-state index in [4.69, 9.17) is 16.3 Å². The van der Waals surface area contributed by atoms with Crippen LogP contribution in [-0.4, -0.2) is 11.7 Å². The molecule has 0 aromatic heterocycles. The Morgan fingerprint density at radius 2 is 2.00 bits per heavy atom. The zero-order chi connectivity index (χ0) is 12.8. The summed E-state index contributed by atoms with van der Waals surface area (Å²) in [6.45, 7) is 6.80. The molecule has 1 N–H and O–H groups in total. The molecule has 0 spiro atoms. The van der Waals surface area contributed by atoms with Crippen molar-refractivity contribution in [3.05, 3.63) is 28.8 Å². The van der Waals surface area contributed by atoms with Gasteiger partial charge in [-0.1, -0.05) is 31.5 Å². The van der Waals surface area contributed by atoms with E-state index in [0.717, 1.165) is 18.4 Å². The molecule has 0 aliphatic carbocycles. The maximum absolute atomic E-state index is 9.41. The minimum Gasteiger partial charge on any atom is -0.492 e. The molecular formula is C14H21ClO2. The molecule has 1 atom stereocenters. The van der Waals surface area contributed by atoms with E-state index in [-0.39, 0.29) is 0 Å².